The highest BCUT2D eigenvalue weighted by atomic mass is 127. The Balaban J connectivity index is 2.77. The van der Waals surface area contributed by atoms with Gasteiger partial charge in [0.05, 0.1) is 0 Å². The number of nitrogens with one attached hydrogen (secondary N) is 1. The fraction of sp³-hybridized carbons (Fsp3) is 0.250. The Labute approximate surface area is 104 Å². The van der Waals surface area contributed by atoms with Crippen LogP contribution in [0.1, 0.15) is 29.3 Å². The molecule has 1 N–H and O–H groups in total. The number of rotatable bonds is 4. The van der Waals surface area contributed by atoms with E-state index in [0.717, 1.165) is 22.0 Å². The van der Waals surface area contributed by atoms with Gasteiger partial charge in [-0.1, -0.05) is 53.8 Å². The molecule has 15 heavy (non-hydrogen) atoms. The van der Waals surface area contributed by atoms with Crippen molar-refractivity contribution in [3.63, 3.8) is 0 Å². The summed E-state index contributed by atoms with van der Waals surface area (Å²) in [6.07, 6.45) is 4.55. The van der Waals surface area contributed by atoms with Gasteiger partial charge in [-0.3, -0.25) is 4.79 Å². The van der Waals surface area contributed by atoms with E-state index >= 15 is 0 Å². The van der Waals surface area contributed by atoms with E-state index in [-0.39, 0.29) is 5.91 Å². The van der Waals surface area contributed by atoms with E-state index in [9.17, 15) is 4.79 Å². The average Bonchev–Trinajstić information content (AvgIpc) is 2.29. The predicted molar refractivity (Wildman–Crippen MR) is 71.1 cm³/mol. The number of hydrogen-bond donors (Lipinski definition) is 1. The summed E-state index contributed by atoms with van der Waals surface area (Å²) in [4.78, 5) is 11.7. The fourth-order valence-electron chi connectivity index (χ4n) is 1.19. The molecule has 2 nitrogen and oxygen atoms in total. The molecule has 0 aliphatic rings. The highest BCUT2D eigenvalue weighted by Gasteiger charge is 2.07. The summed E-state index contributed by atoms with van der Waals surface area (Å²) >= 11 is 2.26. The van der Waals surface area contributed by atoms with Gasteiger partial charge in [0, 0.05) is 16.2 Å². The first kappa shape index (κ1) is 12.2. The van der Waals surface area contributed by atoms with E-state index in [1.54, 1.807) is 6.20 Å². The van der Waals surface area contributed by atoms with Crippen molar-refractivity contribution in [2.75, 3.05) is 0 Å². The van der Waals surface area contributed by atoms with Crippen molar-refractivity contribution in [2.24, 2.45) is 0 Å². The van der Waals surface area contributed by atoms with Crippen LogP contribution in [0.15, 0.2) is 36.5 Å². The maximum atomic E-state index is 11.7. The molecule has 0 saturated carbocycles. The molecule has 0 atom stereocenters. The molecule has 0 aliphatic heterocycles. The molecule has 3 heteroatoms. The van der Waals surface area contributed by atoms with E-state index in [2.05, 4.69) is 27.9 Å². The number of allylic oxidation sites excluding steroid dienone is 1. The molecular formula is C12H14INO. The minimum Gasteiger partial charge on any atom is -0.329 e. The summed E-state index contributed by atoms with van der Waals surface area (Å²) < 4.78 is 0.846. The first-order valence-electron chi connectivity index (χ1n) is 4.89. The lowest BCUT2D eigenvalue weighted by Gasteiger charge is -2.04. The second-order valence-electron chi connectivity index (χ2n) is 3.07. The van der Waals surface area contributed by atoms with Crippen LogP contribution in [-0.4, -0.2) is 5.91 Å². The number of carbonyl (C=O) groups is 1. The van der Waals surface area contributed by atoms with Crippen LogP contribution in [0.5, 0.6) is 0 Å². The molecule has 0 heterocycles. The van der Waals surface area contributed by atoms with Gasteiger partial charge in [0.15, 0.2) is 0 Å². The van der Waals surface area contributed by atoms with Gasteiger partial charge < -0.3 is 5.32 Å². The predicted octanol–water partition coefficient (Wildman–Crippen LogP) is 3.28. The molecule has 1 rings (SSSR count). The van der Waals surface area contributed by atoms with Crippen LogP contribution in [0.2, 0.25) is 0 Å². The Morgan fingerprint density at radius 1 is 1.47 bits per heavy atom. The number of benzene rings is 1. The molecule has 0 saturated heterocycles. The van der Waals surface area contributed by atoms with Gasteiger partial charge in [-0.15, -0.1) is 0 Å². The Hall–Kier alpha value is -0.840. The van der Waals surface area contributed by atoms with Crippen LogP contribution in [0.4, 0.5) is 0 Å². The first-order chi connectivity index (χ1) is 7.29. The number of hydrogen-bond acceptors (Lipinski definition) is 1. The van der Waals surface area contributed by atoms with Crippen molar-refractivity contribution in [3.05, 3.63) is 47.7 Å². The number of alkyl halides is 1. The van der Waals surface area contributed by atoms with Crippen molar-refractivity contribution in [2.45, 2.75) is 17.8 Å². The highest BCUT2D eigenvalue weighted by molar-refractivity contribution is 14.1. The molecule has 1 aromatic rings. The quantitative estimate of drug-likeness (QED) is 0.670. The second kappa shape index (κ2) is 6.61. The largest absolute Gasteiger partial charge is 0.329 e. The molecular weight excluding hydrogens is 301 g/mol. The summed E-state index contributed by atoms with van der Waals surface area (Å²) in [6, 6.07) is 7.66. The SMILES string of the molecule is CC/C=C\NC(=O)c1ccccc1CI. The van der Waals surface area contributed by atoms with Crippen molar-refractivity contribution >= 4 is 28.5 Å². The second-order valence-corrected chi connectivity index (χ2v) is 3.84. The zero-order valence-corrected chi connectivity index (χ0v) is 10.8. The lowest BCUT2D eigenvalue weighted by atomic mass is 10.1. The standard InChI is InChI=1S/C12H14INO/c1-2-3-8-14-12(15)11-7-5-4-6-10(11)9-13/h3-8H,2,9H2,1H3,(H,14,15)/b8-3-. The third-order valence-electron chi connectivity index (χ3n) is 1.97. The molecule has 0 spiro atoms. The monoisotopic (exact) mass is 315 g/mol. The number of amides is 1. The van der Waals surface area contributed by atoms with Gasteiger partial charge in [-0.05, 0) is 18.1 Å². The van der Waals surface area contributed by atoms with Crippen molar-refractivity contribution in [3.8, 4) is 0 Å². The third-order valence-corrected chi connectivity index (χ3v) is 2.80. The Kier molecular flexibility index (Phi) is 5.39. The van der Waals surface area contributed by atoms with Crippen LogP contribution in [-0.2, 0) is 4.43 Å². The molecule has 1 aromatic carbocycles. The van der Waals surface area contributed by atoms with E-state index in [1.807, 2.05) is 37.3 Å². The highest BCUT2D eigenvalue weighted by Crippen LogP contribution is 2.12. The lowest BCUT2D eigenvalue weighted by molar-refractivity contribution is 0.0969. The smallest absolute Gasteiger partial charge is 0.255 e. The molecule has 0 radical (unpaired) electrons. The van der Waals surface area contributed by atoms with Gasteiger partial charge in [-0.2, -0.15) is 0 Å². The average molecular weight is 315 g/mol. The van der Waals surface area contributed by atoms with Crippen molar-refractivity contribution in [1.82, 2.24) is 5.32 Å². The molecule has 0 unspecified atom stereocenters. The topological polar surface area (TPSA) is 29.1 Å². The summed E-state index contributed by atoms with van der Waals surface area (Å²) in [5.41, 5.74) is 1.83. The summed E-state index contributed by atoms with van der Waals surface area (Å²) in [5, 5.41) is 2.75. The fourth-order valence-corrected chi connectivity index (χ4v) is 1.85. The van der Waals surface area contributed by atoms with Gasteiger partial charge >= 0.3 is 0 Å². The molecule has 0 aliphatic carbocycles. The zero-order chi connectivity index (χ0) is 11.1. The number of carbonyl (C=O) groups excluding carboxylic acids is 1. The van der Waals surface area contributed by atoms with Gasteiger partial charge in [0.25, 0.3) is 5.91 Å². The minimum atomic E-state index is -0.0352. The molecule has 1 amide bonds. The van der Waals surface area contributed by atoms with E-state index in [1.165, 1.54) is 0 Å². The van der Waals surface area contributed by atoms with Crippen LogP contribution in [0.3, 0.4) is 0 Å². The minimum absolute atomic E-state index is 0.0352. The molecule has 0 fully saturated rings. The molecule has 0 aromatic heterocycles. The summed E-state index contributed by atoms with van der Waals surface area (Å²) in [6.45, 7) is 2.03. The third kappa shape index (κ3) is 3.66. The van der Waals surface area contributed by atoms with E-state index in [0.29, 0.717) is 0 Å². The van der Waals surface area contributed by atoms with Crippen LogP contribution in [0, 0.1) is 0 Å². The Morgan fingerprint density at radius 3 is 2.87 bits per heavy atom. The maximum absolute atomic E-state index is 11.7. The van der Waals surface area contributed by atoms with Gasteiger partial charge in [-0.25, -0.2) is 0 Å². The maximum Gasteiger partial charge on any atom is 0.255 e. The van der Waals surface area contributed by atoms with Gasteiger partial charge in [0.2, 0.25) is 0 Å². The van der Waals surface area contributed by atoms with E-state index in [4.69, 9.17) is 0 Å². The number of halogens is 1. The van der Waals surface area contributed by atoms with Gasteiger partial charge in [0.1, 0.15) is 0 Å². The van der Waals surface area contributed by atoms with Crippen LogP contribution >= 0.6 is 22.6 Å². The van der Waals surface area contributed by atoms with Crippen LogP contribution < -0.4 is 5.32 Å². The van der Waals surface area contributed by atoms with E-state index < -0.39 is 0 Å². The summed E-state index contributed by atoms with van der Waals surface area (Å²) in [7, 11) is 0. The molecule has 80 valence electrons. The zero-order valence-electron chi connectivity index (χ0n) is 8.66. The Morgan fingerprint density at radius 2 is 2.20 bits per heavy atom. The normalized spacial score (nSPS) is 10.5. The van der Waals surface area contributed by atoms with Crippen molar-refractivity contribution < 1.29 is 4.79 Å². The summed E-state index contributed by atoms with van der Waals surface area (Å²) in [5.74, 6) is -0.0352. The molecule has 0 bridgehead atoms. The Bertz CT molecular complexity index is 360. The lowest BCUT2D eigenvalue weighted by Crippen LogP contribution is -2.18. The van der Waals surface area contributed by atoms with Crippen molar-refractivity contribution in [1.29, 1.82) is 0 Å². The first-order valence-corrected chi connectivity index (χ1v) is 6.42. The van der Waals surface area contributed by atoms with Crippen LogP contribution in [0.25, 0.3) is 0 Å².